The largest absolute Gasteiger partial charge is 0.479 e. The smallest absolute Gasteiger partial charge is 0.264 e. The Bertz CT molecular complexity index is 992. The fourth-order valence-corrected chi connectivity index (χ4v) is 4.52. The first-order valence-electron chi connectivity index (χ1n) is 7.88. The van der Waals surface area contributed by atoms with E-state index in [1.54, 1.807) is 6.08 Å². The SMILES string of the molecule is C#CCOc1c(Br)cc(Br)cc1/C=C1\SC(=Nc2ccc(C)cc2)NC1=O. The van der Waals surface area contributed by atoms with Crippen LogP contribution in [0.4, 0.5) is 5.69 Å². The summed E-state index contributed by atoms with van der Waals surface area (Å²) in [5.41, 5.74) is 2.68. The normalized spacial score (nSPS) is 16.4. The van der Waals surface area contributed by atoms with Gasteiger partial charge in [0.1, 0.15) is 12.4 Å². The van der Waals surface area contributed by atoms with Crippen LogP contribution >= 0.6 is 43.6 Å². The van der Waals surface area contributed by atoms with Gasteiger partial charge in [-0.2, -0.15) is 0 Å². The lowest BCUT2D eigenvalue weighted by atomic mass is 10.2. The van der Waals surface area contributed by atoms with E-state index in [9.17, 15) is 4.79 Å². The van der Waals surface area contributed by atoms with Crippen molar-refractivity contribution in [3.63, 3.8) is 0 Å². The van der Waals surface area contributed by atoms with Crippen LogP contribution in [0, 0.1) is 19.3 Å². The lowest BCUT2D eigenvalue weighted by Crippen LogP contribution is -2.19. The van der Waals surface area contributed by atoms with Crippen molar-refractivity contribution in [2.75, 3.05) is 6.61 Å². The molecule has 0 atom stereocenters. The Morgan fingerprint density at radius 1 is 1.30 bits per heavy atom. The molecule has 3 rings (SSSR count). The molecule has 136 valence electrons. The summed E-state index contributed by atoms with van der Waals surface area (Å²) < 4.78 is 7.23. The number of aliphatic imine (C=N–C) groups is 1. The second-order valence-electron chi connectivity index (χ2n) is 5.62. The highest BCUT2D eigenvalue weighted by molar-refractivity contribution is 9.11. The minimum Gasteiger partial charge on any atom is -0.479 e. The summed E-state index contributed by atoms with van der Waals surface area (Å²) >= 11 is 8.21. The molecule has 1 saturated heterocycles. The van der Waals surface area contributed by atoms with Crippen molar-refractivity contribution in [3.8, 4) is 18.1 Å². The van der Waals surface area contributed by atoms with E-state index < -0.39 is 0 Å². The van der Waals surface area contributed by atoms with Crippen molar-refractivity contribution in [2.45, 2.75) is 6.92 Å². The Morgan fingerprint density at radius 2 is 2.04 bits per heavy atom. The molecule has 0 bridgehead atoms. The van der Waals surface area contributed by atoms with Crippen molar-refractivity contribution < 1.29 is 9.53 Å². The summed E-state index contributed by atoms with van der Waals surface area (Å²) in [5.74, 6) is 2.83. The number of carbonyl (C=O) groups is 1. The van der Waals surface area contributed by atoms with Crippen molar-refractivity contribution in [2.24, 2.45) is 4.99 Å². The van der Waals surface area contributed by atoms with Gasteiger partial charge >= 0.3 is 0 Å². The van der Waals surface area contributed by atoms with Crippen LogP contribution in [0.5, 0.6) is 5.75 Å². The molecule has 0 spiro atoms. The number of carbonyl (C=O) groups excluding carboxylic acids is 1. The highest BCUT2D eigenvalue weighted by Gasteiger charge is 2.24. The van der Waals surface area contributed by atoms with Gasteiger partial charge in [0, 0.05) is 10.0 Å². The van der Waals surface area contributed by atoms with Gasteiger partial charge in [-0.3, -0.25) is 4.79 Å². The number of hydrogen-bond donors (Lipinski definition) is 1. The van der Waals surface area contributed by atoms with E-state index in [4.69, 9.17) is 11.2 Å². The van der Waals surface area contributed by atoms with Gasteiger partial charge in [0.25, 0.3) is 5.91 Å². The number of amides is 1. The molecule has 0 saturated carbocycles. The second kappa shape index (κ2) is 8.79. The number of thioether (sulfide) groups is 1. The van der Waals surface area contributed by atoms with E-state index in [-0.39, 0.29) is 12.5 Å². The molecular weight excluding hydrogens is 492 g/mol. The van der Waals surface area contributed by atoms with Crippen LogP contribution in [0.2, 0.25) is 0 Å². The van der Waals surface area contributed by atoms with E-state index in [0.717, 1.165) is 25.8 Å². The summed E-state index contributed by atoms with van der Waals surface area (Å²) in [6, 6.07) is 11.5. The number of aryl methyl sites for hydroxylation is 1. The third-order valence-corrected chi connectivity index (χ3v) is 5.50. The topological polar surface area (TPSA) is 50.7 Å². The molecule has 7 heteroatoms. The minimum absolute atomic E-state index is 0.135. The molecule has 1 aliphatic rings. The summed E-state index contributed by atoms with van der Waals surface area (Å²) in [6.07, 6.45) is 7.06. The Morgan fingerprint density at radius 3 is 2.74 bits per heavy atom. The van der Waals surface area contributed by atoms with Crippen LogP contribution in [-0.2, 0) is 4.79 Å². The summed E-state index contributed by atoms with van der Waals surface area (Å²) in [5, 5.41) is 3.33. The van der Waals surface area contributed by atoms with Gasteiger partial charge in [-0.05, 0) is 65.0 Å². The third-order valence-electron chi connectivity index (χ3n) is 3.54. The van der Waals surface area contributed by atoms with Crippen molar-refractivity contribution in [1.29, 1.82) is 0 Å². The standard InChI is InChI=1S/C20H14Br2N2O2S/c1-3-8-26-18-13(9-14(21)11-16(18)22)10-17-19(25)24-20(27-17)23-15-6-4-12(2)5-7-15/h1,4-7,9-11H,8H2,2H3,(H,23,24,25)/b17-10-. The zero-order valence-corrected chi connectivity index (χ0v) is 18.2. The monoisotopic (exact) mass is 504 g/mol. The summed E-state index contributed by atoms with van der Waals surface area (Å²) in [7, 11) is 0. The number of terminal acetylenes is 1. The first kappa shape index (κ1) is 19.7. The molecule has 1 aliphatic heterocycles. The highest BCUT2D eigenvalue weighted by Crippen LogP contribution is 2.36. The van der Waals surface area contributed by atoms with E-state index in [1.807, 2.05) is 43.3 Å². The fourth-order valence-electron chi connectivity index (χ4n) is 2.31. The lowest BCUT2D eigenvalue weighted by Gasteiger charge is -2.10. The molecule has 0 aliphatic carbocycles. The molecule has 1 amide bonds. The van der Waals surface area contributed by atoms with Gasteiger partial charge in [0.05, 0.1) is 15.1 Å². The Hall–Kier alpha value is -2.01. The lowest BCUT2D eigenvalue weighted by molar-refractivity contribution is -0.115. The van der Waals surface area contributed by atoms with Crippen molar-refractivity contribution in [3.05, 3.63) is 61.4 Å². The summed E-state index contributed by atoms with van der Waals surface area (Å²) in [6.45, 7) is 2.15. The van der Waals surface area contributed by atoms with Gasteiger partial charge in [-0.15, -0.1) is 6.42 Å². The van der Waals surface area contributed by atoms with Crippen LogP contribution in [0.25, 0.3) is 6.08 Å². The van der Waals surface area contributed by atoms with Gasteiger partial charge in [-0.1, -0.05) is 39.5 Å². The molecule has 27 heavy (non-hydrogen) atoms. The number of ether oxygens (including phenoxy) is 1. The van der Waals surface area contributed by atoms with Crippen molar-refractivity contribution >= 4 is 66.5 Å². The quantitative estimate of drug-likeness (QED) is 0.445. The number of rotatable bonds is 4. The van der Waals surface area contributed by atoms with Gasteiger partial charge < -0.3 is 10.1 Å². The van der Waals surface area contributed by atoms with E-state index >= 15 is 0 Å². The van der Waals surface area contributed by atoms with Crippen LogP contribution < -0.4 is 10.1 Å². The average Bonchev–Trinajstić information content (AvgIpc) is 2.95. The molecule has 0 aromatic heterocycles. The maximum Gasteiger partial charge on any atom is 0.264 e. The van der Waals surface area contributed by atoms with Gasteiger partial charge in [-0.25, -0.2) is 4.99 Å². The van der Waals surface area contributed by atoms with Crippen molar-refractivity contribution in [1.82, 2.24) is 5.32 Å². The number of nitrogens with zero attached hydrogens (tertiary/aromatic N) is 1. The molecule has 0 radical (unpaired) electrons. The fraction of sp³-hybridized carbons (Fsp3) is 0.100. The molecule has 2 aromatic carbocycles. The van der Waals surface area contributed by atoms with E-state index in [2.05, 4.69) is 48.1 Å². The number of nitrogens with one attached hydrogen (secondary N) is 1. The molecule has 1 heterocycles. The van der Waals surface area contributed by atoms with Crippen LogP contribution in [0.1, 0.15) is 11.1 Å². The van der Waals surface area contributed by atoms with Gasteiger partial charge in [0.2, 0.25) is 0 Å². The molecular formula is C20H14Br2N2O2S. The maximum atomic E-state index is 12.4. The average molecular weight is 506 g/mol. The van der Waals surface area contributed by atoms with E-state index in [1.165, 1.54) is 11.8 Å². The van der Waals surface area contributed by atoms with Crippen LogP contribution in [-0.4, -0.2) is 17.7 Å². The molecule has 2 aromatic rings. The number of amidine groups is 1. The second-order valence-corrected chi connectivity index (χ2v) is 8.42. The highest BCUT2D eigenvalue weighted by atomic mass is 79.9. The molecule has 1 fully saturated rings. The Kier molecular flexibility index (Phi) is 6.42. The maximum absolute atomic E-state index is 12.4. The number of hydrogen-bond acceptors (Lipinski definition) is 4. The zero-order chi connectivity index (χ0) is 19.4. The van der Waals surface area contributed by atoms with Crippen LogP contribution in [0.15, 0.2) is 55.2 Å². The Labute approximate surface area is 178 Å². The summed E-state index contributed by atoms with van der Waals surface area (Å²) in [4.78, 5) is 17.4. The first-order chi connectivity index (χ1) is 13.0. The molecule has 0 unspecified atom stereocenters. The number of benzene rings is 2. The van der Waals surface area contributed by atoms with E-state index in [0.29, 0.717) is 15.8 Å². The molecule has 4 nitrogen and oxygen atoms in total. The predicted octanol–water partition coefficient (Wildman–Crippen LogP) is 5.42. The minimum atomic E-state index is -0.204. The first-order valence-corrected chi connectivity index (χ1v) is 10.3. The zero-order valence-electron chi connectivity index (χ0n) is 14.3. The van der Waals surface area contributed by atoms with Crippen LogP contribution in [0.3, 0.4) is 0 Å². The van der Waals surface area contributed by atoms with Gasteiger partial charge in [0.15, 0.2) is 5.17 Å². The number of halogens is 2. The molecule has 1 N–H and O–H groups in total. The third kappa shape index (κ3) is 5.04. The Balaban J connectivity index is 1.90. The predicted molar refractivity (Wildman–Crippen MR) is 118 cm³/mol.